The summed E-state index contributed by atoms with van der Waals surface area (Å²) in [6.45, 7) is 2.18. The first-order valence-corrected chi connectivity index (χ1v) is 10.1. The normalized spacial score (nSPS) is 15.2. The predicted molar refractivity (Wildman–Crippen MR) is 103 cm³/mol. The van der Waals surface area contributed by atoms with Crippen LogP contribution in [0.15, 0.2) is 51.1 Å². The topological polar surface area (TPSA) is 27.0 Å². The minimum absolute atomic E-state index is 0.629. The molecule has 0 bridgehead atoms. The quantitative estimate of drug-likeness (QED) is 0.552. The molecule has 3 rings (SSSR count). The molecule has 0 aromatic heterocycles. The molecule has 1 aliphatic rings. The van der Waals surface area contributed by atoms with E-state index in [9.17, 15) is 5.26 Å². The van der Waals surface area contributed by atoms with Crippen molar-refractivity contribution in [1.29, 1.82) is 5.26 Å². The van der Waals surface area contributed by atoms with Crippen LogP contribution in [0.5, 0.6) is 0 Å². The molecule has 0 saturated carbocycles. The molecule has 0 unspecified atom stereocenters. The minimum atomic E-state index is 0.629. The lowest BCUT2D eigenvalue weighted by Gasteiger charge is -2.26. The molecule has 6 heteroatoms. The van der Waals surface area contributed by atoms with Gasteiger partial charge in [-0.15, -0.1) is 0 Å². The third-order valence-electron chi connectivity index (χ3n) is 3.68. The zero-order chi connectivity index (χ0) is 16.9. The molecule has 0 N–H and O–H groups in total. The Hall–Kier alpha value is -0.830. The SMILES string of the molecule is N#Cc1ccc(Sc2cc(Cl)cc(Cl)c2)c(SN2CCCCC2)c1. The maximum absolute atomic E-state index is 9.21. The van der Waals surface area contributed by atoms with Crippen LogP contribution >= 0.6 is 46.9 Å². The van der Waals surface area contributed by atoms with Gasteiger partial charge < -0.3 is 0 Å². The molecule has 0 amide bonds. The van der Waals surface area contributed by atoms with Crippen LogP contribution in [0.4, 0.5) is 0 Å². The molecule has 2 aromatic carbocycles. The average Bonchev–Trinajstić information content (AvgIpc) is 2.56. The second-order valence-corrected chi connectivity index (χ2v) is 8.69. The summed E-state index contributed by atoms with van der Waals surface area (Å²) in [7, 11) is 0. The Morgan fingerprint density at radius 1 is 0.917 bits per heavy atom. The van der Waals surface area contributed by atoms with Gasteiger partial charge in [-0.2, -0.15) is 5.26 Å². The lowest BCUT2D eigenvalue weighted by molar-refractivity contribution is 0.380. The van der Waals surface area contributed by atoms with Crippen LogP contribution in [-0.4, -0.2) is 17.4 Å². The van der Waals surface area contributed by atoms with Crippen LogP contribution < -0.4 is 0 Å². The molecule has 0 spiro atoms. The van der Waals surface area contributed by atoms with Crippen molar-refractivity contribution < 1.29 is 0 Å². The summed E-state index contributed by atoms with van der Waals surface area (Å²) >= 11 is 15.6. The molecule has 1 fully saturated rings. The van der Waals surface area contributed by atoms with Gasteiger partial charge in [-0.3, -0.25) is 0 Å². The van der Waals surface area contributed by atoms with E-state index in [0.717, 1.165) is 27.8 Å². The molecule has 2 aromatic rings. The minimum Gasteiger partial charge on any atom is -0.246 e. The van der Waals surface area contributed by atoms with E-state index in [1.807, 2.05) is 30.3 Å². The summed E-state index contributed by atoms with van der Waals surface area (Å²) in [6, 6.07) is 13.6. The molecule has 2 nitrogen and oxygen atoms in total. The van der Waals surface area contributed by atoms with Crippen molar-refractivity contribution >= 4 is 46.9 Å². The van der Waals surface area contributed by atoms with E-state index in [4.69, 9.17) is 23.2 Å². The first-order chi connectivity index (χ1) is 11.6. The zero-order valence-corrected chi connectivity index (χ0v) is 16.1. The fourth-order valence-corrected chi connectivity index (χ4v) is 5.41. The maximum atomic E-state index is 9.21. The monoisotopic (exact) mass is 394 g/mol. The highest BCUT2D eigenvalue weighted by Gasteiger charge is 2.15. The molecule has 1 aliphatic heterocycles. The number of hydrogen-bond acceptors (Lipinski definition) is 4. The lowest BCUT2D eigenvalue weighted by atomic mass is 10.2. The van der Waals surface area contributed by atoms with Crippen molar-refractivity contribution in [1.82, 2.24) is 4.31 Å². The van der Waals surface area contributed by atoms with Crippen molar-refractivity contribution in [2.45, 2.75) is 33.9 Å². The van der Waals surface area contributed by atoms with Gasteiger partial charge in [0.1, 0.15) is 0 Å². The zero-order valence-electron chi connectivity index (χ0n) is 13.0. The Morgan fingerprint density at radius 3 is 2.29 bits per heavy atom. The smallest absolute Gasteiger partial charge is 0.0992 e. The number of rotatable bonds is 4. The maximum Gasteiger partial charge on any atom is 0.0992 e. The van der Waals surface area contributed by atoms with Gasteiger partial charge in [0.05, 0.1) is 11.6 Å². The van der Waals surface area contributed by atoms with Gasteiger partial charge in [0, 0.05) is 37.8 Å². The first kappa shape index (κ1) is 18.0. The highest BCUT2D eigenvalue weighted by molar-refractivity contribution is 8.01. The second kappa shape index (κ2) is 8.51. The van der Waals surface area contributed by atoms with E-state index in [-0.39, 0.29) is 0 Å². The van der Waals surface area contributed by atoms with Crippen molar-refractivity contribution in [2.24, 2.45) is 0 Å². The summed E-state index contributed by atoms with van der Waals surface area (Å²) < 4.78 is 2.38. The highest BCUT2D eigenvalue weighted by Crippen LogP contribution is 2.39. The van der Waals surface area contributed by atoms with E-state index in [2.05, 4.69) is 10.4 Å². The van der Waals surface area contributed by atoms with Crippen molar-refractivity contribution in [2.75, 3.05) is 13.1 Å². The number of nitriles is 1. The largest absolute Gasteiger partial charge is 0.246 e. The van der Waals surface area contributed by atoms with E-state index >= 15 is 0 Å². The number of piperidine rings is 1. The summed E-state index contributed by atoms with van der Waals surface area (Å²) in [6.07, 6.45) is 3.77. The molecule has 1 heterocycles. The third kappa shape index (κ3) is 4.84. The molecule has 1 saturated heterocycles. The molecule has 24 heavy (non-hydrogen) atoms. The van der Waals surface area contributed by atoms with E-state index < -0.39 is 0 Å². The van der Waals surface area contributed by atoms with Crippen molar-refractivity contribution in [3.63, 3.8) is 0 Å². The standard InChI is InChI=1S/C18H16Cl2N2S2/c19-14-9-15(20)11-16(10-14)23-17-5-4-13(12-21)8-18(17)24-22-6-2-1-3-7-22/h4-5,8-11H,1-3,6-7H2. The molecular weight excluding hydrogens is 379 g/mol. The van der Waals surface area contributed by atoms with Crippen LogP contribution in [-0.2, 0) is 0 Å². The Balaban J connectivity index is 1.86. The van der Waals surface area contributed by atoms with Gasteiger partial charge in [0.15, 0.2) is 0 Å². The lowest BCUT2D eigenvalue weighted by Crippen LogP contribution is -2.22. The fourth-order valence-electron chi connectivity index (χ4n) is 2.54. The Morgan fingerprint density at radius 2 is 1.62 bits per heavy atom. The van der Waals surface area contributed by atoms with Gasteiger partial charge >= 0.3 is 0 Å². The Kier molecular flexibility index (Phi) is 6.37. The summed E-state index contributed by atoms with van der Waals surface area (Å²) in [5, 5.41) is 10.5. The molecule has 0 radical (unpaired) electrons. The summed E-state index contributed by atoms with van der Waals surface area (Å²) in [5.74, 6) is 0. The van der Waals surface area contributed by atoms with Crippen LogP contribution in [0.3, 0.4) is 0 Å². The summed E-state index contributed by atoms with van der Waals surface area (Å²) in [5.41, 5.74) is 0.683. The molecule has 0 atom stereocenters. The average molecular weight is 395 g/mol. The van der Waals surface area contributed by atoms with Gasteiger partial charge in [-0.25, -0.2) is 4.31 Å². The van der Waals surface area contributed by atoms with Gasteiger partial charge in [-0.1, -0.05) is 41.4 Å². The van der Waals surface area contributed by atoms with E-state index in [0.29, 0.717) is 15.6 Å². The van der Waals surface area contributed by atoms with Crippen LogP contribution in [0.1, 0.15) is 24.8 Å². The molecular formula is C18H16Cl2N2S2. The number of halogens is 2. The van der Waals surface area contributed by atoms with E-state index in [1.165, 1.54) is 19.3 Å². The predicted octanol–water partition coefficient (Wildman–Crippen LogP) is 6.51. The number of benzene rings is 2. The number of hydrogen-bond donors (Lipinski definition) is 0. The highest BCUT2D eigenvalue weighted by atomic mass is 35.5. The molecule has 0 aliphatic carbocycles. The van der Waals surface area contributed by atoms with Crippen LogP contribution in [0, 0.1) is 11.3 Å². The number of nitrogens with zero attached hydrogens (tertiary/aromatic N) is 2. The molecule has 124 valence electrons. The van der Waals surface area contributed by atoms with Gasteiger partial charge in [-0.05, 0) is 61.2 Å². The van der Waals surface area contributed by atoms with Gasteiger partial charge in [0.25, 0.3) is 0 Å². The Labute approximate surface area is 161 Å². The first-order valence-electron chi connectivity index (χ1n) is 7.75. The second-order valence-electron chi connectivity index (χ2n) is 5.56. The van der Waals surface area contributed by atoms with Gasteiger partial charge in [0.2, 0.25) is 0 Å². The van der Waals surface area contributed by atoms with Crippen molar-refractivity contribution in [3.8, 4) is 6.07 Å². The third-order valence-corrected chi connectivity index (χ3v) is 6.45. The van der Waals surface area contributed by atoms with Crippen LogP contribution in [0.2, 0.25) is 10.0 Å². The Bertz CT molecular complexity index is 748. The van der Waals surface area contributed by atoms with Crippen LogP contribution in [0.25, 0.3) is 0 Å². The fraction of sp³-hybridized carbons (Fsp3) is 0.278. The van der Waals surface area contributed by atoms with E-state index in [1.54, 1.807) is 29.8 Å². The van der Waals surface area contributed by atoms with Crippen molar-refractivity contribution in [3.05, 3.63) is 52.0 Å². The summed E-state index contributed by atoms with van der Waals surface area (Å²) in [4.78, 5) is 3.22.